The van der Waals surface area contributed by atoms with E-state index in [9.17, 15) is 4.79 Å². The van der Waals surface area contributed by atoms with E-state index in [0.29, 0.717) is 24.3 Å². The molecule has 1 unspecified atom stereocenters. The maximum absolute atomic E-state index is 12.4. The summed E-state index contributed by atoms with van der Waals surface area (Å²) in [6.45, 7) is 3.90. The lowest BCUT2D eigenvalue weighted by Crippen LogP contribution is -2.17. The Hall–Kier alpha value is -2.85. The van der Waals surface area contributed by atoms with E-state index in [1.807, 2.05) is 42.5 Å². The van der Waals surface area contributed by atoms with Crippen LogP contribution in [0.25, 0.3) is 0 Å². The lowest BCUT2D eigenvalue weighted by molar-refractivity contribution is 0.0972. The second-order valence-corrected chi connectivity index (χ2v) is 7.61. The third-order valence-corrected chi connectivity index (χ3v) is 5.67. The fourth-order valence-electron chi connectivity index (χ4n) is 3.95. The highest BCUT2D eigenvalue weighted by Gasteiger charge is 2.25. The van der Waals surface area contributed by atoms with Crippen molar-refractivity contribution < 1.29 is 9.53 Å². The fourth-order valence-corrected chi connectivity index (χ4v) is 4.20. The molecule has 1 aromatic heterocycles. The Morgan fingerprint density at radius 1 is 1.24 bits per heavy atom. The Bertz CT molecular complexity index is 1030. The summed E-state index contributed by atoms with van der Waals surface area (Å²) in [6.07, 6.45) is 8.66. The number of ether oxygens (including phenoxy) is 1. The molecule has 0 bridgehead atoms. The van der Waals surface area contributed by atoms with Crippen LogP contribution in [0.5, 0.6) is 5.75 Å². The first-order chi connectivity index (χ1) is 14.2. The van der Waals surface area contributed by atoms with E-state index < -0.39 is 0 Å². The van der Waals surface area contributed by atoms with Gasteiger partial charge in [0.15, 0.2) is 5.78 Å². The van der Waals surface area contributed by atoms with Crippen molar-refractivity contribution in [2.75, 3.05) is 0 Å². The van der Waals surface area contributed by atoms with Gasteiger partial charge in [0, 0.05) is 46.9 Å². The summed E-state index contributed by atoms with van der Waals surface area (Å²) in [7, 11) is 0. The number of carbonyl (C=O) groups excluding carboxylic acids is 1. The molecule has 0 amide bonds. The first-order valence-electron chi connectivity index (χ1n) is 9.85. The number of fused-ring (bicyclic) bond motifs is 1. The van der Waals surface area contributed by atoms with Crippen LogP contribution in [-0.4, -0.2) is 15.8 Å². The highest BCUT2D eigenvalue weighted by molar-refractivity contribution is 6.31. The molecule has 4 rings (SSSR count). The van der Waals surface area contributed by atoms with Gasteiger partial charge in [0.05, 0.1) is 0 Å². The molecular formula is C24H23ClN2O2. The molecule has 1 N–H and O–H groups in total. The molecule has 29 heavy (non-hydrogen) atoms. The van der Waals surface area contributed by atoms with Crippen LogP contribution in [0.3, 0.4) is 0 Å². The Morgan fingerprint density at radius 2 is 2.10 bits per heavy atom. The van der Waals surface area contributed by atoms with Gasteiger partial charge in [-0.3, -0.25) is 4.79 Å². The minimum absolute atomic E-state index is 0.210. The highest BCUT2D eigenvalue weighted by atomic mass is 35.5. The van der Waals surface area contributed by atoms with Crippen LogP contribution >= 0.6 is 11.6 Å². The largest absolute Gasteiger partial charge is 0.485 e. The number of halogens is 1. The summed E-state index contributed by atoms with van der Waals surface area (Å²) in [4.78, 5) is 19.9. The second-order valence-electron chi connectivity index (χ2n) is 7.21. The van der Waals surface area contributed by atoms with E-state index in [-0.39, 0.29) is 11.9 Å². The Balaban J connectivity index is 1.74. The van der Waals surface area contributed by atoms with Gasteiger partial charge < -0.3 is 9.72 Å². The predicted octanol–water partition coefficient (Wildman–Crippen LogP) is 5.67. The van der Waals surface area contributed by atoms with Crippen molar-refractivity contribution in [2.24, 2.45) is 0 Å². The Labute approximate surface area is 175 Å². The number of aromatic nitrogens is 2. The predicted molar refractivity (Wildman–Crippen MR) is 115 cm³/mol. The summed E-state index contributed by atoms with van der Waals surface area (Å²) >= 11 is 6.49. The van der Waals surface area contributed by atoms with Crippen LogP contribution in [0.4, 0.5) is 0 Å². The molecule has 5 heteroatoms. The topological polar surface area (TPSA) is 55.0 Å². The van der Waals surface area contributed by atoms with E-state index in [0.717, 1.165) is 46.7 Å². The molecule has 1 heterocycles. The van der Waals surface area contributed by atoms with Gasteiger partial charge in [-0.05, 0) is 43.0 Å². The van der Waals surface area contributed by atoms with Gasteiger partial charge in [0.25, 0.3) is 0 Å². The van der Waals surface area contributed by atoms with E-state index in [4.69, 9.17) is 16.3 Å². The molecule has 0 saturated carbocycles. The summed E-state index contributed by atoms with van der Waals surface area (Å²) in [5.74, 6) is 1.81. The first kappa shape index (κ1) is 19.5. The maximum Gasteiger partial charge on any atom is 0.163 e. The molecule has 0 fully saturated rings. The van der Waals surface area contributed by atoms with Gasteiger partial charge in [-0.2, -0.15) is 0 Å². The van der Waals surface area contributed by atoms with E-state index >= 15 is 0 Å². The molecule has 0 spiro atoms. The van der Waals surface area contributed by atoms with Gasteiger partial charge in [0.2, 0.25) is 0 Å². The van der Waals surface area contributed by atoms with Crippen LogP contribution in [-0.2, 0) is 19.3 Å². The number of imidazole rings is 1. The number of Topliss-reactive ketones (excluding diaryl/α,β-unsaturated/α-hetero) is 1. The number of hydrogen-bond donors (Lipinski definition) is 1. The van der Waals surface area contributed by atoms with E-state index in [2.05, 4.69) is 16.5 Å². The number of hydrogen-bond acceptors (Lipinski definition) is 3. The number of H-pyrrole nitrogens is 1. The van der Waals surface area contributed by atoms with Crippen molar-refractivity contribution in [1.29, 1.82) is 0 Å². The molecule has 1 aliphatic rings. The van der Waals surface area contributed by atoms with Crippen LogP contribution in [0.1, 0.15) is 51.8 Å². The third kappa shape index (κ3) is 4.13. The van der Waals surface area contributed by atoms with Crippen molar-refractivity contribution in [3.8, 4) is 5.75 Å². The van der Waals surface area contributed by atoms with Crippen LogP contribution in [0.2, 0.25) is 5.02 Å². The number of rotatable bonds is 7. The fraction of sp³-hybridized carbons (Fsp3) is 0.250. The zero-order valence-electron chi connectivity index (χ0n) is 16.2. The number of nitrogens with one attached hydrogen (secondary N) is 1. The summed E-state index contributed by atoms with van der Waals surface area (Å²) in [6, 6.07) is 11.5. The number of allylic oxidation sites excluding steroid dienone is 1. The molecule has 148 valence electrons. The molecule has 2 aromatic carbocycles. The van der Waals surface area contributed by atoms with Crippen molar-refractivity contribution in [1.82, 2.24) is 9.97 Å². The molecule has 4 nitrogen and oxygen atoms in total. The average molecular weight is 407 g/mol. The van der Waals surface area contributed by atoms with Crippen molar-refractivity contribution in [3.05, 3.63) is 94.5 Å². The Morgan fingerprint density at radius 3 is 2.86 bits per heavy atom. The second kappa shape index (κ2) is 8.66. The lowest BCUT2D eigenvalue weighted by Gasteiger charge is -2.25. The monoisotopic (exact) mass is 406 g/mol. The van der Waals surface area contributed by atoms with E-state index in [1.165, 1.54) is 0 Å². The molecule has 3 aromatic rings. The normalized spacial score (nSPS) is 14.3. The SMILES string of the molecule is C=CCc1c(OC(Cc2ncc[nH]2)c2ccccc2Cl)ccc2c1CCCC2=O. The minimum atomic E-state index is -0.309. The summed E-state index contributed by atoms with van der Waals surface area (Å²) < 4.78 is 6.54. The van der Waals surface area contributed by atoms with Gasteiger partial charge in [-0.1, -0.05) is 35.9 Å². The van der Waals surface area contributed by atoms with Crippen molar-refractivity contribution >= 4 is 17.4 Å². The highest BCUT2D eigenvalue weighted by Crippen LogP contribution is 2.36. The molecule has 1 aliphatic carbocycles. The number of carbonyl (C=O) groups is 1. The first-order valence-corrected chi connectivity index (χ1v) is 10.2. The zero-order valence-corrected chi connectivity index (χ0v) is 16.9. The molecule has 0 saturated heterocycles. The lowest BCUT2D eigenvalue weighted by atomic mass is 9.86. The summed E-state index contributed by atoms with van der Waals surface area (Å²) in [5.41, 5.74) is 3.86. The number of aromatic amines is 1. The van der Waals surface area contributed by atoms with Gasteiger partial charge >= 0.3 is 0 Å². The third-order valence-electron chi connectivity index (χ3n) is 5.32. The van der Waals surface area contributed by atoms with Crippen molar-refractivity contribution in [2.45, 2.75) is 38.2 Å². The Kier molecular flexibility index (Phi) is 5.81. The van der Waals surface area contributed by atoms with Crippen LogP contribution in [0.15, 0.2) is 61.4 Å². The smallest absolute Gasteiger partial charge is 0.163 e. The summed E-state index contributed by atoms with van der Waals surface area (Å²) in [5, 5.41) is 0.655. The zero-order chi connectivity index (χ0) is 20.2. The molecule has 1 atom stereocenters. The van der Waals surface area contributed by atoms with Crippen LogP contribution in [0, 0.1) is 0 Å². The van der Waals surface area contributed by atoms with Gasteiger partial charge in [0.1, 0.15) is 17.7 Å². The molecule has 0 aliphatic heterocycles. The number of nitrogens with zero attached hydrogens (tertiary/aromatic N) is 1. The maximum atomic E-state index is 12.4. The number of ketones is 1. The average Bonchev–Trinajstić information content (AvgIpc) is 3.23. The standard InChI is InChI=1S/C24H23ClN2O2/c1-2-6-18-16-8-5-10-21(28)17(16)11-12-22(18)29-23(15-24-26-13-14-27-24)19-7-3-4-9-20(19)25/h2-4,7,9,11-14,23H,1,5-6,8,10,15H2,(H,26,27). The molecule has 0 radical (unpaired) electrons. The van der Waals surface area contributed by atoms with Crippen molar-refractivity contribution in [3.63, 3.8) is 0 Å². The van der Waals surface area contributed by atoms with E-state index in [1.54, 1.807) is 12.4 Å². The quantitative estimate of drug-likeness (QED) is 0.514. The number of benzene rings is 2. The van der Waals surface area contributed by atoms with Crippen LogP contribution < -0.4 is 4.74 Å². The van der Waals surface area contributed by atoms with Gasteiger partial charge in [-0.25, -0.2) is 4.98 Å². The molecular weight excluding hydrogens is 384 g/mol. The van der Waals surface area contributed by atoms with Gasteiger partial charge in [-0.15, -0.1) is 6.58 Å². The minimum Gasteiger partial charge on any atom is -0.485 e.